The van der Waals surface area contributed by atoms with E-state index < -0.39 is 9.85 Å². The van der Waals surface area contributed by atoms with Gasteiger partial charge in [0.25, 0.3) is 11.4 Å². The average molecular weight is 499 g/mol. The number of likely N-dealkylation sites (tertiary alicyclic amines) is 1. The lowest BCUT2D eigenvalue weighted by Crippen LogP contribution is -2.44. The van der Waals surface area contributed by atoms with Crippen molar-refractivity contribution >= 4 is 30.0 Å². The van der Waals surface area contributed by atoms with Crippen LogP contribution < -0.4 is 5.73 Å². The third-order valence-corrected chi connectivity index (χ3v) is 7.32. The standard InChI is InChI=1S/C24H30N6O4S/c25-24(26-14-17-1-5-19(6-2-17)29(31)32)28(15-18-3-7-20(8-4-18)30(33)34)22-10-9-21(13-22)27-12-11-23(35)16-27/h1-8,21-23,35H,9-16H2,(H2,25,26)/t21-,22+,23+/m0/s1. The lowest BCUT2D eigenvalue weighted by molar-refractivity contribution is -0.385. The van der Waals surface area contributed by atoms with Crippen LogP contribution in [-0.4, -0.2) is 56.0 Å². The van der Waals surface area contributed by atoms with E-state index in [1.807, 2.05) is 0 Å². The fraction of sp³-hybridized carbons (Fsp3) is 0.458. The van der Waals surface area contributed by atoms with Crippen LogP contribution in [0.3, 0.4) is 0 Å². The molecule has 1 saturated carbocycles. The molecule has 3 atom stereocenters. The molecule has 0 radical (unpaired) electrons. The van der Waals surface area contributed by atoms with Crippen molar-refractivity contribution in [3.63, 3.8) is 0 Å². The third-order valence-electron chi connectivity index (χ3n) is 6.89. The van der Waals surface area contributed by atoms with Gasteiger partial charge >= 0.3 is 0 Å². The molecule has 4 rings (SSSR count). The van der Waals surface area contributed by atoms with Gasteiger partial charge in [0.15, 0.2) is 5.96 Å². The zero-order valence-corrected chi connectivity index (χ0v) is 20.3. The largest absolute Gasteiger partial charge is 0.370 e. The topological polar surface area (TPSA) is 131 Å². The quantitative estimate of drug-likeness (QED) is 0.186. The van der Waals surface area contributed by atoms with Crippen LogP contribution >= 0.6 is 12.6 Å². The first-order chi connectivity index (χ1) is 16.8. The van der Waals surface area contributed by atoms with Crippen molar-refractivity contribution in [3.05, 3.63) is 79.9 Å². The van der Waals surface area contributed by atoms with Crippen molar-refractivity contribution in [2.75, 3.05) is 13.1 Å². The molecule has 186 valence electrons. The van der Waals surface area contributed by atoms with Gasteiger partial charge in [0.05, 0.1) is 16.4 Å². The molecule has 2 N–H and O–H groups in total. The summed E-state index contributed by atoms with van der Waals surface area (Å²) in [4.78, 5) is 30.3. The Hall–Kier alpha value is -3.18. The van der Waals surface area contributed by atoms with Crippen LogP contribution in [0.15, 0.2) is 53.5 Å². The molecule has 35 heavy (non-hydrogen) atoms. The molecular formula is C24H30N6O4S. The summed E-state index contributed by atoms with van der Waals surface area (Å²) >= 11 is 4.63. The number of hydrogen-bond acceptors (Lipinski definition) is 7. The smallest absolute Gasteiger partial charge is 0.269 e. The fourth-order valence-electron chi connectivity index (χ4n) is 4.95. The Labute approximate surface area is 209 Å². The Morgan fingerprint density at radius 3 is 2.14 bits per heavy atom. The molecular weight excluding hydrogens is 468 g/mol. The minimum absolute atomic E-state index is 0.0351. The van der Waals surface area contributed by atoms with E-state index >= 15 is 0 Å². The van der Waals surface area contributed by atoms with E-state index in [9.17, 15) is 20.2 Å². The molecule has 0 bridgehead atoms. The van der Waals surface area contributed by atoms with Crippen LogP contribution in [0.2, 0.25) is 0 Å². The number of non-ortho nitro benzene ring substituents is 2. The van der Waals surface area contributed by atoms with Crippen molar-refractivity contribution in [2.24, 2.45) is 10.7 Å². The van der Waals surface area contributed by atoms with Gasteiger partial charge in [0, 0.05) is 54.7 Å². The number of rotatable bonds is 8. The summed E-state index contributed by atoms with van der Waals surface area (Å²) in [6, 6.07) is 13.5. The summed E-state index contributed by atoms with van der Waals surface area (Å²) < 4.78 is 0. The first kappa shape index (κ1) is 24.9. The van der Waals surface area contributed by atoms with E-state index in [-0.39, 0.29) is 17.4 Å². The SMILES string of the molecule is NC(=NCc1ccc([N+](=O)[O-])cc1)N(Cc1ccc([N+](=O)[O-])cc1)[C@@H]1CC[C@H](N2CC[C@@H](S)C2)C1. The van der Waals surface area contributed by atoms with E-state index in [0.717, 1.165) is 49.9 Å². The first-order valence-corrected chi connectivity index (χ1v) is 12.3. The van der Waals surface area contributed by atoms with Gasteiger partial charge in [-0.2, -0.15) is 12.6 Å². The molecule has 10 nitrogen and oxygen atoms in total. The molecule has 2 aromatic rings. The Balaban J connectivity index is 1.50. The van der Waals surface area contributed by atoms with E-state index in [4.69, 9.17) is 5.73 Å². The normalized spacial score (nSPS) is 22.9. The van der Waals surface area contributed by atoms with Crippen LogP contribution in [0.1, 0.15) is 36.8 Å². The zero-order valence-electron chi connectivity index (χ0n) is 19.4. The Morgan fingerprint density at radius 2 is 1.60 bits per heavy atom. The third kappa shape index (κ3) is 6.29. The average Bonchev–Trinajstić information content (AvgIpc) is 3.50. The number of nitro benzene ring substituents is 2. The molecule has 1 heterocycles. The van der Waals surface area contributed by atoms with Crippen molar-refractivity contribution in [3.8, 4) is 0 Å². The van der Waals surface area contributed by atoms with Crippen LogP contribution in [0.4, 0.5) is 11.4 Å². The van der Waals surface area contributed by atoms with E-state index in [1.165, 1.54) is 24.3 Å². The molecule has 0 amide bonds. The van der Waals surface area contributed by atoms with E-state index in [0.29, 0.717) is 30.3 Å². The summed E-state index contributed by atoms with van der Waals surface area (Å²) in [5.41, 5.74) is 8.34. The highest BCUT2D eigenvalue weighted by Crippen LogP contribution is 2.32. The monoisotopic (exact) mass is 498 g/mol. The molecule has 2 aromatic carbocycles. The lowest BCUT2D eigenvalue weighted by atomic mass is 10.1. The molecule has 2 aliphatic rings. The molecule has 0 aromatic heterocycles. The van der Waals surface area contributed by atoms with Gasteiger partial charge in [-0.05, 0) is 43.4 Å². The van der Waals surface area contributed by atoms with Gasteiger partial charge in [-0.1, -0.05) is 24.3 Å². The van der Waals surface area contributed by atoms with Crippen LogP contribution in [0.25, 0.3) is 0 Å². The highest BCUT2D eigenvalue weighted by Gasteiger charge is 2.36. The number of thiol groups is 1. The van der Waals surface area contributed by atoms with Crippen LogP contribution in [0.5, 0.6) is 0 Å². The predicted molar refractivity (Wildman–Crippen MR) is 137 cm³/mol. The molecule has 2 fully saturated rings. The molecule has 11 heteroatoms. The Bertz CT molecular complexity index is 1080. The molecule has 0 spiro atoms. The number of hydrogen-bond donors (Lipinski definition) is 2. The van der Waals surface area contributed by atoms with Crippen molar-refractivity contribution < 1.29 is 9.85 Å². The highest BCUT2D eigenvalue weighted by atomic mass is 32.1. The second-order valence-corrected chi connectivity index (χ2v) is 9.94. The van der Waals surface area contributed by atoms with Gasteiger partial charge < -0.3 is 10.6 Å². The van der Waals surface area contributed by atoms with E-state index in [2.05, 4.69) is 27.4 Å². The van der Waals surface area contributed by atoms with Gasteiger partial charge in [0.2, 0.25) is 0 Å². The van der Waals surface area contributed by atoms with Gasteiger partial charge in [-0.15, -0.1) is 0 Å². The Kier molecular flexibility index (Phi) is 7.86. The number of guanidine groups is 1. The van der Waals surface area contributed by atoms with Crippen LogP contribution in [-0.2, 0) is 13.1 Å². The minimum atomic E-state index is -0.430. The number of nitro groups is 2. The summed E-state index contributed by atoms with van der Waals surface area (Å²) in [6.45, 7) is 2.88. The summed E-state index contributed by atoms with van der Waals surface area (Å²) in [7, 11) is 0. The van der Waals surface area contributed by atoms with Gasteiger partial charge in [-0.3, -0.25) is 25.1 Å². The lowest BCUT2D eigenvalue weighted by Gasteiger charge is -2.31. The predicted octanol–water partition coefficient (Wildman–Crippen LogP) is 3.75. The maximum absolute atomic E-state index is 11.0. The maximum atomic E-state index is 11.0. The second kappa shape index (κ2) is 11.0. The summed E-state index contributed by atoms with van der Waals surface area (Å²) in [5.74, 6) is 0.404. The van der Waals surface area contributed by atoms with Gasteiger partial charge in [0.1, 0.15) is 0 Å². The van der Waals surface area contributed by atoms with E-state index in [1.54, 1.807) is 24.3 Å². The number of nitrogens with zero attached hydrogens (tertiary/aromatic N) is 5. The van der Waals surface area contributed by atoms with Gasteiger partial charge in [-0.25, -0.2) is 4.99 Å². The maximum Gasteiger partial charge on any atom is 0.269 e. The second-order valence-electron chi connectivity index (χ2n) is 9.21. The molecule has 1 aliphatic carbocycles. The summed E-state index contributed by atoms with van der Waals surface area (Å²) in [5, 5.41) is 22.3. The number of benzene rings is 2. The molecule has 0 unspecified atom stereocenters. The number of nitrogens with two attached hydrogens (primary N) is 1. The minimum Gasteiger partial charge on any atom is -0.370 e. The fourth-order valence-corrected chi connectivity index (χ4v) is 5.28. The summed E-state index contributed by atoms with van der Waals surface area (Å²) in [6.07, 6.45) is 4.15. The van der Waals surface area contributed by atoms with Crippen molar-refractivity contribution in [1.82, 2.24) is 9.80 Å². The molecule has 1 aliphatic heterocycles. The molecule has 1 saturated heterocycles. The number of aliphatic imine (C=N–C) groups is 1. The first-order valence-electron chi connectivity index (χ1n) is 11.8. The Morgan fingerprint density at radius 1 is 1.00 bits per heavy atom. The van der Waals surface area contributed by atoms with Crippen LogP contribution in [0, 0.1) is 20.2 Å². The van der Waals surface area contributed by atoms with Crippen molar-refractivity contribution in [1.29, 1.82) is 0 Å². The highest BCUT2D eigenvalue weighted by molar-refractivity contribution is 7.81. The zero-order chi connectivity index (χ0) is 24.9. The van der Waals surface area contributed by atoms with Crippen molar-refractivity contribution in [2.45, 2.75) is 56.1 Å².